The molecule has 0 aliphatic carbocycles. The van der Waals surface area contributed by atoms with E-state index < -0.39 is 17.6 Å². The number of amides is 1. The standard InChI is InChI=1S/C23H16F3N3O/c1-14-5-10-19-17(12-14)18(13-21(29-19)20-4-2-3-11-27-20)22(30)28-16-8-6-15(7-9-16)23(24,25)26/h2-13H,1H3,(H,28,30). The second kappa shape index (κ2) is 7.59. The van der Waals surface area contributed by atoms with Gasteiger partial charge in [-0.05, 0) is 61.5 Å². The molecular weight excluding hydrogens is 391 g/mol. The third-order valence-electron chi connectivity index (χ3n) is 4.61. The third kappa shape index (κ3) is 4.00. The van der Waals surface area contributed by atoms with Crippen molar-refractivity contribution in [3.05, 3.63) is 89.6 Å². The van der Waals surface area contributed by atoms with Gasteiger partial charge in [-0.1, -0.05) is 17.7 Å². The summed E-state index contributed by atoms with van der Waals surface area (Å²) in [6.07, 6.45) is -2.79. The summed E-state index contributed by atoms with van der Waals surface area (Å²) in [4.78, 5) is 21.9. The van der Waals surface area contributed by atoms with Crippen molar-refractivity contribution >= 4 is 22.5 Å². The fourth-order valence-corrected chi connectivity index (χ4v) is 3.11. The lowest BCUT2D eigenvalue weighted by molar-refractivity contribution is -0.137. The van der Waals surface area contributed by atoms with E-state index in [9.17, 15) is 18.0 Å². The Balaban J connectivity index is 1.74. The van der Waals surface area contributed by atoms with Crippen molar-refractivity contribution in [1.82, 2.24) is 9.97 Å². The summed E-state index contributed by atoms with van der Waals surface area (Å²) in [5.74, 6) is -0.440. The van der Waals surface area contributed by atoms with Crippen LogP contribution < -0.4 is 5.32 Å². The van der Waals surface area contributed by atoms with Crippen LogP contribution in [-0.4, -0.2) is 15.9 Å². The molecule has 1 amide bonds. The molecular formula is C23H16F3N3O. The van der Waals surface area contributed by atoms with Crippen LogP contribution in [0.3, 0.4) is 0 Å². The number of nitrogens with zero attached hydrogens (tertiary/aromatic N) is 2. The van der Waals surface area contributed by atoms with Crippen LogP contribution in [0.4, 0.5) is 18.9 Å². The lowest BCUT2D eigenvalue weighted by Crippen LogP contribution is -2.13. The second-order valence-electron chi connectivity index (χ2n) is 6.82. The first-order valence-electron chi connectivity index (χ1n) is 9.13. The summed E-state index contributed by atoms with van der Waals surface area (Å²) in [7, 11) is 0. The van der Waals surface area contributed by atoms with Crippen molar-refractivity contribution in [1.29, 1.82) is 0 Å². The van der Waals surface area contributed by atoms with Gasteiger partial charge in [-0.2, -0.15) is 13.2 Å². The molecule has 2 aromatic heterocycles. The molecule has 0 aliphatic heterocycles. The second-order valence-corrected chi connectivity index (χ2v) is 6.82. The van der Waals surface area contributed by atoms with Crippen LogP contribution in [0.15, 0.2) is 72.9 Å². The molecule has 0 spiro atoms. The maximum atomic E-state index is 13.0. The van der Waals surface area contributed by atoms with Gasteiger partial charge >= 0.3 is 6.18 Å². The zero-order chi connectivity index (χ0) is 21.3. The number of halogens is 3. The number of carbonyl (C=O) groups excluding carboxylic acids is 1. The summed E-state index contributed by atoms with van der Waals surface area (Å²) in [6, 6.07) is 17.0. The molecule has 0 fully saturated rings. The van der Waals surface area contributed by atoms with E-state index >= 15 is 0 Å². The van der Waals surface area contributed by atoms with E-state index in [1.54, 1.807) is 24.4 Å². The average Bonchev–Trinajstić information content (AvgIpc) is 2.73. The van der Waals surface area contributed by atoms with E-state index in [4.69, 9.17) is 0 Å². The molecule has 0 atom stereocenters. The first-order valence-corrected chi connectivity index (χ1v) is 9.13. The number of carbonyl (C=O) groups is 1. The molecule has 150 valence electrons. The molecule has 2 aromatic carbocycles. The van der Waals surface area contributed by atoms with Gasteiger partial charge in [0.15, 0.2) is 0 Å². The van der Waals surface area contributed by atoms with E-state index in [0.717, 1.165) is 17.7 Å². The Hall–Kier alpha value is -3.74. The first kappa shape index (κ1) is 19.6. The first-order chi connectivity index (χ1) is 14.3. The summed E-state index contributed by atoms with van der Waals surface area (Å²) < 4.78 is 38.3. The highest BCUT2D eigenvalue weighted by atomic mass is 19.4. The van der Waals surface area contributed by atoms with Crippen molar-refractivity contribution in [2.45, 2.75) is 13.1 Å². The smallest absolute Gasteiger partial charge is 0.322 e. The molecule has 0 saturated heterocycles. The number of aryl methyl sites for hydroxylation is 1. The molecule has 0 unspecified atom stereocenters. The molecule has 0 bridgehead atoms. The minimum atomic E-state index is -4.43. The minimum absolute atomic E-state index is 0.269. The van der Waals surface area contributed by atoms with E-state index in [1.165, 1.54) is 12.1 Å². The van der Waals surface area contributed by atoms with Crippen LogP contribution in [0.5, 0.6) is 0 Å². The van der Waals surface area contributed by atoms with Crippen molar-refractivity contribution < 1.29 is 18.0 Å². The number of nitrogens with one attached hydrogen (secondary N) is 1. The van der Waals surface area contributed by atoms with Crippen LogP contribution >= 0.6 is 0 Å². The van der Waals surface area contributed by atoms with Gasteiger partial charge < -0.3 is 5.32 Å². The predicted molar refractivity (Wildman–Crippen MR) is 109 cm³/mol. The number of hydrogen-bond acceptors (Lipinski definition) is 3. The Morgan fingerprint density at radius 2 is 1.70 bits per heavy atom. The number of anilines is 1. The summed E-state index contributed by atoms with van der Waals surface area (Å²) in [5.41, 5.74) is 2.59. The van der Waals surface area contributed by atoms with Crippen LogP contribution in [-0.2, 0) is 6.18 Å². The van der Waals surface area contributed by atoms with Gasteiger partial charge in [-0.15, -0.1) is 0 Å². The van der Waals surface area contributed by atoms with Gasteiger partial charge in [-0.25, -0.2) is 4.98 Å². The summed E-state index contributed by atoms with van der Waals surface area (Å²) in [5, 5.41) is 3.32. The number of pyridine rings is 2. The largest absolute Gasteiger partial charge is 0.416 e. The lowest BCUT2D eigenvalue weighted by atomic mass is 10.0. The van der Waals surface area contributed by atoms with Crippen LogP contribution in [0.1, 0.15) is 21.5 Å². The zero-order valence-corrected chi connectivity index (χ0v) is 15.9. The summed E-state index contributed by atoms with van der Waals surface area (Å²) >= 11 is 0. The maximum absolute atomic E-state index is 13.0. The Bertz CT molecular complexity index is 1220. The van der Waals surface area contributed by atoms with Crippen molar-refractivity contribution in [2.24, 2.45) is 0 Å². The monoisotopic (exact) mass is 407 g/mol. The maximum Gasteiger partial charge on any atom is 0.416 e. The highest BCUT2D eigenvalue weighted by Gasteiger charge is 2.30. The zero-order valence-electron chi connectivity index (χ0n) is 15.9. The molecule has 30 heavy (non-hydrogen) atoms. The number of benzene rings is 2. The number of fused-ring (bicyclic) bond motifs is 1. The Labute approximate surface area is 170 Å². The Kier molecular flexibility index (Phi) is 4.95. The quantitative estimate of drug-likeness (QED) is 0.462. The van der Waals surface area contributed by atoms with Gasteiger partial charge in [-0.3, -0.25) is 9.78 Å². The van der Waals surface area contributed by atoms with Gasteiger partial charge in [0.2, 0.25) is 0 Å². The van der Waals surface area contributed by atoms with E-state index in [0.29, 0.717) is 27.9 Å². The van der Waals surface area contributed by atoms with Gasteiger partial charge in [0.25, 0.3) is 5.91 Å². The number of aromatic nitrogens is 2. The van der Waals surface area contributed by atoms with Crippen molar-refractivity contribution in [2.75, 3.05) is 5.32 Å². The van der Waals surface area contributed by atoms with E-state index in [1.807, 2.05) is 31.2 Å². The molecule has 4 aromatic rings. The highest BCUT2D eigenvalue weighted by molar-refractivity contribution is 6.13. The van der Waals surface area contributed by atoms with Crippen molar-refractivity contribution in [3.8, 4) is 11.4 Å². The van der Waals surface area contributed by atoms with E-state index in [2.05, 4.69) is 15.3 Å². The van der Waals surface area contributed by atoms with Gasteiger partial charge in [0.1, 0.15) is 0 Å². The van der Waals surface area contributed by atoms with Crippen LogP contribution in [0.2, 0.25) is 0 Å². The van der Waals surface area contributed by atoms with Crippen LogP contribution in [0, 0.1) is 6.92 Å². The number of hydrogen-bond donors (Lipinski definition) is 1. The van der Waals surface area contributed by atoms with Crippen molar-refractivity contribution in [3.63, 3.8) is 0 Å². The number of alkyl halides is 3. The Morgan fingerprint density at radius 1 is 0.933 bits per heavy atom. The minimum Gasteiger partial charge on any atom is -0.322 e. The van der Waals surface area contributed by atoms with Gasteiger partial charge in [0.05, 0.1) is 28.0 Å². The fourth-order valence-electron chi connectivity index (χ4n) is 3.11. The number of rotatable bonds is 3. The lowest BCUT2D eigenvalue weighted by Gasteiger charge is -2.12. The molecule has 0 aliphatic rings. The predicted octanol–water partition coefficient (Wildman–Crippen LogP) is 5.88. The molecule has 1 N–H and O–H groups in total. The van der Waals surface area contributed by atoms with Crippen LogP contribution in [0.25, 0.3) is 22.3 Å². The fraction of sp³-hybridized carbons (Fsp3) is 0.0870. The Morgan fingerprint density at radius 3 is 2.37 bits per heavy atom. The molecule has 4 rings (SSSR count). The molecule has 0 saturated carbocycles. The normalized spacial score (nSPS) is 11.5. The van der Waals surface area contributed by atoms with Gasteiger partial charge in [0, 0.05) is 17.3 Å². The summed E-state index contributed by atoms with van der Waals surface area (Å²) in [6.45, 7) is 1.91. The third-order valence-corrected chi connectivity index (χ3v) is 4.61. The molecule has 0 radical (unpaired) electrons. The van der Waals surface area contributed by atoms with E-state index in [-0.39, 0.29) is 5.69 Å². The molecule has 2 heterocycles. The molecule has 4 nitrogen and oxygen atoms in total. The highest BCUT2D eigenvalue weighted by Crippen LogP contribution is 2.30. The average molecular weight is 407 g/mol. The topological polar surface area (TPSA) is 54.9 Å². The molecule has 7 heteroatoms. The SMILES string of the molecule is Cc1ccc2nc(-c3ccccn3)cc(C(=O)Nc3ccc(C(F)(F)F)cc3)c2c1.